The summed E-state index contributed by atoms with van der Waals surface area (Å²) in [6.07, 6.45) is 4.80. The Morgan fingerprint density at radius 3 is 1.88 bits per heavy atom. The summed E-state index contributed by atoms with van der Waals surface area (Å²) in [7, 11) is 0. The van der Waals surface area contributed by atoms with E-state index >= 15 is 0 Å². The third-order valence-electron chi connectivity index (χ3n) is 8.71. The van der Waals surface area contributed by atoms with Gasteiger partial charge >= 0.3 is 0 Å². The van der Waals surface area contributed by atoms with E-state index in [1.165, 1.54) is 42.1 Å². The van der Waals surface area contributed by atoms with Crippen molar-refractivity contribution in [3.8, 4) is 22.6 Å². The lowest BCUT2D eigenvalue weighted by Crippen LogP contribution is -2.26. The molecule has 2 heterocycles. The Morgan fingerprint density at radius 1 is 0.561 bits per heavy atom. The largest absolute Gasteiger partial charge is 0.507 e. The summed E-state index contributed by atoms with van der Waals surface area (Å²) in [6, 6.07) is 35.2. The van der Waals surface area contributed by atoms with Gasteiger partial charge in [-0.1, -0.05) is 84.9 Å². The van der Waals surface area contributed by atoms with Crippen LogP contribution in [0, 0.1) is 0 Å². The average molecular weight is 563 g/mol. The smallest absolute Gasteiger partial charge is 0.123 e. The van der Waals surface area contributed by atoms with E-state index in [-0.39, 0.29) is 11.5 Å². The van der Waals surface area contributed by atoms with Gasteiger partial charge in [0, 0.05) is 25.9 Å². The van der Waals surface area contributed by atoms with Crippen LogP contribution in [0.2, 0.25) is 0 Å². The number of hydrogen-bond acceptors (Lipinski definition) is 4. The van der Waals surface area contributed by atoms with Crippen molar-refractivity contribution in [2.45, 2.75) is 9.64 Å². The van der Waals surface area contributed by atoms with E-state index in [2.05, 4.69) is 72.1 Å². The molecule has 0 radical (unpaired) electrons. The second kappa shape index (κ2) is 8.26. The molecular formula is C37H22O2S2. The molecular weight excluding hydrogens is 541 g/mol. The molecule has 4 heteroatoms. The molecule has 6 aromatic carbocycles. The zero-order valence-electron chi connectivity index (χ0n) is 21.8. The van der Waals surface area contributed by atoms with Crippen molar-refractivity contribution in [3.05, 3.63) is 136 Å². The average Bonchev–Trinajstić information content (AvgIpc) is 3.73. The second-order valence-electron chi connectivity index (χ2n) is 10.8. The highest BCUT2D eigenvalue weighted by atomic mass is 32.2. The zero-order valence-corrected chi connectivity index (χ0v) is 23.4. The number of thioether (sulfide) groups is 1. The van der Waals surface area contributed by atoms with Gasteiger partial charge in [0.1, 0.15) is 11.5 Å². The highest BCUT2D eigenvalue weighted by molar-refractivity contribution is 8.01. The van der Waals surface area contributed by atoms with Crippen molar-refractivity contribution >= 4 is 66.9 Å². The summed E-state index contributed by atoms with van der Waals surface area (Å²) < 4.78 is 0.747. The Morgan fingerprint density at radius 2 is 1.20 bits per heavy atom. The fraction of sp³-hybridized carbons (Fsp3) is 0.0270. The minimum absolute atomic E-state index is 0.278. The molecule has 1 aliphatic carbocycles. The molecule has 0 unspecified atom stereocenters. The Labute approximate surface area is 244 Å². The van der Waals surface area contributed by atoms with Crippen molar-refractivity contribution in [2.24, 2.45) is 0 Å². The zero-order chi connectivity index (χ0) is 27.3. The molecule has 0 saturated heterocycles. The topological polar surface area (TPSA) is 40.5 Å². The number of aromatic hydroxyl groups is 2. The van der Waals surface area contributed by atoms with E-state index < -0.39 is 4.75 Å². The van der Waals surface area contributed by atoms with Crippen LogP contribution in [0.25, 0.3) is 54.9 Å². The molecule has 1 aliphatic heterocycles. The van der Waals surface area contributed by atoms with Gasteiger partial charge in [-0.05, 0) is 84.6 Å². The van der Waals surface area contributed by atoms with Crippen molar-refractivity contribution < 1.29 is 10.2 Å². The van der Waals surface area contributed by atoms with Crippen LogP contribution in [0.1, 0.15) is 16.7 Å². The molecule has 0 amide bonds. The van der Waals surface area contributed by atoms with Crippen LogP contribution in [-0.2, 0) is 4.75 Å². The van der Waals surface area contributed by atoms with Crippen molar-refractivity contribution in [3.63, 3.8) is 0 Å². The number of phenolic OH excluding ortho intramolecular Hbond substituents is 2. The van der Waals surface area contributed by atoms with E-state index in [0.717, 1.165) is 32.7 Å². The quantitative estimate of drug-likeness (QED) is 0.223. The minimum atomic E-state index is -0.584. The van der Waals surface area contributed by atoms with Crippen LogP contribution in [0.4, 0.5) is 0 Å². The molecule has 0 fully saturated rings. The fourth-order valence-electron chi connectivity index (χ4n) is 6.85. The Hall–Kier alpha value is -4.51. The molecule has 7 aromatic rings. The molecule has 9 rings (SSSR count). The number of fused-ring (bicyclic) bond motifs is 9. The van der Waals surface area contributed by atoms with Gasteiger partial charge < -0.3 is 10.2 Å². The van der Waals surface area contributed by atoms with Crippen molar-refractivity contribution in [1.29, 1.82) is 0 Å². The third kappa shape index (κ3) is 3.09. The Bertz CT molecular complexity index is 2300. The van der Waals surface area contributed by atoms with Gasteiger partial charge in [-0.15, -0.1) is 23.1 Å². The monoisotopic (exact) mass is 562 g/mol. The van der Waals surface area contributed by atoms with Gasteiger partial charge in [0.05, 0.1) is 4.75 Å². The lowest BCUT2D eigenvalue weighted by atomic mass is 9.83. The minimum Gasteiger partial charge on any atom is -0.507 e. The molecule has 41 heavy (non-hydrogen) atoms. The Balaban J connectivity index is 1.42. The Kier molecular flexibility index (Phi) is 4.68. The van der Waals surface area contributed by atoms with Crippen molar-refractivity contribution in [1.82, 2.24) is 0 Å². The third-order valence-corrected chi connectivity index (χ3v) is 11.1. The van der Waals surface area contributed by atoms with E-state index in [4.69, 9.17) is 0 Å². The van der Waals surface area contributed by atoms with Gasteiger partial charge in [0.25, 0.3) is 0 Å². The second-order valence-corrected chi connectivity index (χ2v) is 13.0. The molecule has 0 atom stereocenters. The van der Waals surface area contributed by atoms with E-state index in [9.17, 15) is 10.2 Å². The standard InChI is InChI=1S/C37H22O2S2/c38-33-14-12-31(24-5-1-3-7-26(24)33)37(32-13-15-34(39)27-8-4-2-6-25(27)32)20-30-28-19-29-23(22(28)11-16-35(30)41-37)10-9-21-17-18-40-36(21)29/h1-20,38-39H. The number of phenols is 2. The maximum Gasteiger partial charge on any atom is 0.123 e. The van der Waals surface area contributed by atoms with Gasteiger partial charge in [-0.3, -0.25) is 0 Å². The van der Waals surface area contributed by atoms with Gasteiger partial charge in [0.15, 0.2) is 0 Å². The van der Waals surface area contributed by atoms with Gasteiger partial charge in [-0.25, -0.2) is 0 Å². The lowest BCUT2D eigenvalue weighted by Gasteiger charge is -2.31. The summed E-state index contributed by atoms with van der Waals surface area (Å²) in [5, 5.41) is 31.3. The first-order valence-corrected chi connectivity index (χ1v) is 15.3. The summed E-state index contributed by atoms with van der Waals surface area (Å²) in [5.41, 5.74) is 6.11. The fourth-order valence-corrected chi connectivity index (χ4v) is 9.29. The SMILES string of the molecule is Oc1ccc(C2(c3ccc(O)c4ccccc34)C=c3c(ccc4c3=Cc3c-4ccc4ccsc34)S2)c2ccccc12. The van der Waals surface area contributed by atoms with E-state index in [1.807, 2.05) is 60.3 Å². The van der Waals surface area contributed by atoms with Crippen LogP contribution in [0.15, 0.2) is 113 Å². The van der Waals surface area contributed by atoms with Gasteiger partial charge in [-0.2, -0.15) is 0 Å². The molecule has 0 saturated carbocycles. The first kappa shape index (κ1) is 23.2. The maximum atomic E-state index is 10.8. The lowest BCUT2D eigenvalue weighted by molar-refractivity contribution is 0.481. The summed E-state index contributed by atoms with van der Waals surface area (Å²) in [4.78, 5) is 1.23. The van der Waals surface area contributed by atoms with Crippen LogP contribution < -0.4 is 10.4 Å². The predicted octanol–water partition coefficient (Wildman–Crippen LogP) is 8.26. The molecule has 2 N–H and O–H groups in total. The number of hydrogen-bond donors (Lipinski definition) is 2. The first-order valence-electron chi connectivity index (χ1n) is 13.6. The first-order chi connectivity index (χ1) is 20.1. The normalized spacial score (nSPS) is 14.5. The molecule has 0 spiro atoms. The molecule has 2 aliphatic rings. The van der Waals surface area contributed by atoms with Crippen LogP contribution in [-0.4, -0.2) is 10.2 Å². The van der Waals surface area contributed by atoms with Gasteiger partial charge in [0.2, 0.25) is 0 Å². The number of rotatable bonds is 2. The summed E-state index contributed by atoms with van der Waals surface area (Å²) in [5.74, 6) is 0.556. The van der Waals surface area contributed by atoms with Crippen LogP contribution >= 0.6 is 23.1 Å². The maximum absolute atomic E-state index is 10.8. The molecule has 194 valence electrons. The summed E-state index contributed by atoms with van der Waals surface area (Å²) >= 11 is 3.65. The number of benzene rings is 6. The van der Waals surface area contributed by atoms with Crippen LogP contribution in [0.5, 0.6) is 11.5 Å². The van der Waals surface area contributed by atoms with Crippen molar-refractivity contribution in [2.75, 3.05) is 0 Å². The molecule has 1 aromatic heterocycles. The van der Waals surface area contributed by atoms with E-state index in [1.54, 1.807) is 11.3 Å². The van der Waals surface area contributed by atoms with Crippen LogP contribution in [0.3, 0.4) is 0 Å². The highest BCUT2D eigenvalue weighted by Crippen LogP contribution is 2.55. The molecule has 2 nitrogen and oxygen atoms in total. The number of thiophene rings is 1. The molecule has 0 bridgehead atoms. The summed E-state index contributed by atoms with van der Waals surface area (Å²) in [6.45, 7) is 0. The highest BCUT2D eigenvalue weighted by Gasteiger charge is 2.41. The van der Waals surface area contributed by atoms with E-state index in [0.29, 0.717) is 0 Å². The predicted molar refractivity (Wildman–Crippen MR) is 172 cm³/mol.